The summed E-state index contributed by atoms with van der Waals surface area (Å²) in [6, 6.07) is 4.46. The summed E-state index contributed by atoms with van der Waals surface area (Å²) in [6.07, 6.45) is 1.79. The molecule has 1 fully saturated rings. The summed E-state index contributed by atoms with van der Waals surface area (Å²) in [5.74, 6) is -0.597. The zero-order chi connectivity index (χ0) is 13.8. The molecule has 0 aliphatic carbocycles. The molecule has 1 aromatic rings. The van der Waals surface area contributed by atoms with Crippen LogP contribution in [-0.4, -0.2) is 31.6 Å². The van der Waals surface area contributed by atoms with Gasteiger partial charge in [0, 0.05) is 0 Å². The predicted octanol–water partition coefficient (Wildman–Crippen LogP) is 0.746. The topological polar surface area (TPSA) is 93.4 Å². The van der Waals surface area contributed by atoms with Crippen molar-refractivity contribution < 1.29 is 14.3 Å². The van der Waals surface area contributed by atoms with Gasteiger partial charge in [0.25, 0.3) is 0 Å². The second-order valence-electron chi connectivity index (χ2n) is 4.43. The fourth-order valence-corrected chi connectivity index (χ4v) is 2.04. The summed E-state index contributed by atoms with van der Waals surface area (Å²) in [4.78, 5) is 23.4. The standard InChI is InChI=1S/C13H17N3O3/c1-19-13(18)8-4-5-9(14)11(7-8)16-12(17)10-3-2-6-15-10/h4-5,7,10,15H,2-3,6,14H2,1H3,(H,16,17). The lowest BCUT2D eigenvalue weighted by Gasteiger charge is -2.13. The van der Waals surface area contributed by atoms with Crippen LogP contribution in [0.1, 0.15) is 23.2 Å². The van der Waals surface area contributed by atoms with E-state index < -0.39 is 5.97 Å². The third kappa shape index (κ3) is 3.03. The second kappa shape index (κ2) is 5.71. The van der Waals surface area contributed by atoms with Gasteiger partial charge < -0.3 is 21.1 Å². The first kappa shape index (κ1) is 13.4. The summed E-state index contributed by atoms with van der Waals surface area (Å²) in [6.45, 7) is 0.843. The summed E-state index contributed by atoms with van der Waals surface area (Å²) < 4.78 is 4.63. The molecule has 102 valence electrons. The average molecular weight is 263 g/mol. The van der Waals surface area contributed by atoms with E-state index in [4.69, 9.17) is 5.73 Å². The van der Waals surface area contributed by atoms with Crippen LogP contribution in [0.25, 0.3) is 0 Å². The van der Waals surface area contributed by atoms with Crippen molar-refractivity contribution in [1.29, 1.82) is 0 Å². The first-order valence-electron chi connectivity index (χ1n) is 6.14. The van der Waals surface area contributed by atoms with Crippen LogP contribution in [0, 0.1) is 0 Å². The smallest absolute Gasteiger partial charge is 0.337 e. The summed E-state index contributed by atoms with van der Waals surface area (Å²) in [5, 5.41) is 5.84. The lowest BCUT2D eigenvalue weighted by Crippen LogP contribution is -2.35. The highest BCUT2D eigenvalue weighted by Crippen LogP contribution is 2.21. The van der Waals surface area contributed by atoms with Crippen molar-refractivity contribution in [2.24, 2.45) is 0 Å². The fraction of sp³-hybridized carbons (Fsp3) is 0.385. The number of nitrogens with one attached hydrogen (secondary N) is 2. The van der Waals surface area contributed by atoms with Crippen LogP contribution in [0.2, 0.25) is 0 Å². The van der Waals surface area contributed by atoms with Crippen LogP contribution in [0.3, 0.4) is 0 Å². The van der Waals surface area contributed by atoms with Crippen molar-refractivity contribution in [3.8, 4) is 0 Å². The number of hydrogen-bond donors (Lipinski definition) is 3. The van der Waals surface area contributed by atoms with E-state index in [1.165, 1.54) is 13.2 Å². The number of nitrogen functional groups attached to an aromatic ring is 1. The molecule has 1 unspecified atom stereocenters. The zero-order valence-electron chi connectivity index (χ0n) is 10.7. The first-order chi connectivity index (χ1) is 9.11. The van der Waals surface area contributed by atoms with Crippen LogP contribution in [0.4, 0.5) is 11.4 Å². The number of nitrogens with two attached hydrogens (primary N) is 1. The van der Waals surface area contributed by atoms with Crippen LogP contribution >= 0.6 is 0 Å². The molecule has 0 bridgehead atoms. The maximum absolute atomic E-state index is 12.0. The van der Waals surface area contributed by atoms with E-state index in [0.717, 1.165) is 19.4 Å². The number of carbonyl (C=O) groups excluding carboxylic acids is 2. The molecule has 6 heteroatoms. The van der Waals surface area contributed by atoms with Crippen LogP contribution in [0.5, 0.6) is 0 Å². The average Bonchev–Trinajstić information content (AvgIpc) is 2.94. The van der Waals surface area contributed by atoms with Gasteiger partial charge in [-0.3, -0.25) is 4.79 Å². The Labute approximate surface area is 111 Å². The highest BCUT2D eigenvalue weighted by Gasteiger charge is 2.22. The molecule has 1 heterocycles. The van der Waals surface area contributed by atoms with E-state index in [1.54, 1.807) is 12.1 Å². The normalized spacial score (nSPS) is 18.1. The number of anilines is 2. The Morgan fingerprint density at radius 2 is 2.26 bits per heavy atom. The molecule has 1 aliphatic rings. The van der Waals surface area contributed by atoms with Crippen LogP contribution in [-0.2, 0) is 9.53 Å². The number of carbonyl (C=O) groups is 2. The number of rotatable bonds is 3. The Morgan fingerprint density at radius 1 is 1.47 bits per heavy atom. The van der Waals surface area contributed by atoms with Gasteiger partial charge in [-0.05, 0) is 37.6 Å². The SMILES string of the molecule is COC(=O)c1ccc(N)c(NC(=O)C2CCCN2)c1. The number of hydrogen-bond acceptors (Lipinski definition) is 5. The van der Waals surface area contributed by atoms with E-state index in [0.29, 0.717) is 16.9 Å². The predicted molar refractivity (Wildman–Crippen MR) is 71.8 cm³/mol. The Morgan fingerprint density at radius 3 is 2.89 bits per heavy atom. The Balaban J connectivity index is 2.14. The van der Waals surface area contributed by atoms with E-state index in [9.17, 15) is 9.59 Å². The molecule has 19 heavy (non-hydrogen) atoms. The third-order valence-corrected chi connectivity index (χ3v) is 3.11. The largest absolute Gasteiger partial charge is 0.465 e. The van der Waals surface area contributed by atoms with Gasteiger partial charge in [-0.2, -0.15) is 0 Å². The Bertz CT molecular complexity index is 496. The van der Waals surface area contributed by atoms with E-state index >= 15 is 0 Å². The summed E-state index contributed by atoms with van der Waals surface area (Å²) in [7, 11) is 1.30. The van der Waals surface area contributed by atoms with Gasteiger partial charge in [0.1, 0.15) is 0 Å². The molecule has 6 nitrogen and oxygen atoms in total. The number of amides is 1. The molecular formula is C13H17N3O3. The fourth-order valence-electron chi connectivity index (χ4n) is 2.04. The van der Waals surface area contributed by atoms with Gasteiger partial charge in [-0.15, -0.1) is 0 Å². The van der Waals surface area contributed by atoms with Crippen molar-refractivity contribution in [2.75, 3.05) is 24.7 Å². The van der Waals surface area contributed by atoms with Gasteiger partial charge in [-0.1, -0.05) is 0 Å². The quantitative estimate of drug-likeness (QED) is 0.552. The molecule has 0 aromatic heterocycles. The van der Waals surface area contributed by atoms with Crippen LogP contribution in [0.15, 0.2) is 18.2 Å². The highest BCUT2D eigenvalue weighted by molar-refractivity contribution is 5.99. The van der Waals surface area contributed by atoms with Crippen molar-refractivity contribution in [3.05, 3.63) is 23.8 Å². The molecule has 2 rings (SSSR count). The van der Waals surface area contributed by atoms with Gasteiger partial charge in [0.05, 0.1) is 30.1 Å². The molecule has 1 saturated heterocycles. The van der Waals surface area contributed by atoms with Gasteiger partial charge in [0.2, 0.25) is 5.91 Å². The summed E-state index contributed by atoms with van der Waals surface area (Å²) in [5.41, 5.74) is 6.99. The number of methoxy groups -OCH3 is 1. The van der Waals surface area contributed by atoms with Gasteiger partial charge in [-0.25, -0.2) is 4.79 Å². The molecule has 1 aliphatic heterocycles. The number of esters is 1. The highest BCUT2D eigenvalue weighted by atomic mass is 16.5. The third-order valence-electron chi connectivity index (χ3n) is 3.11. The second-order valence-corrected chi connectivity index (χ2v) is 4.43. The molecule has 4 N–H and O–H groups in total. The molecule has 0 radical (unpaired) electrons. The summed E-state index contributed by atoms with van der Waals surface area (Å²) >= 11 is 0. The minimum Gasteiger partial charge on any atom is -0.465 e. The number of ether oxygens (including phenoxy) is 1. The van der Waals surface area contributed by atoms with Gasteiger partial charge in [0.15, 0.2) is 0 Å². The maximum atomic E-state index is 12.0. The minimum absolute atomic E-state index is 0.133. The molecule has 0 spiro atoms. The molecule has 1 atom stereocenters. The lowest BCUT2D eigenvalue weighted by molar-refractivity contribution is -0.117. The molecule has 1 amide bonds. The van der Waals surface area contributed by atoms with E-state index in [2.05, 4.69) is 15.4 Å². The van der Waals surface area contributed by atoms with Crippen molar-refractivity contribution >= 4 is 23.3 Å². The van der Waals surface area contributed by atoms with Crippen molar-refractivity contribution in [1.82, 2.24) is 5.32 Å². The molecule has 1 aromatic carbocycles. The minimum atomic E-state index is -0.463. The van der Waals surface area contributed by atoms with Gasteiger partial charge >= 0.3 is 5.97 Å². The molecular weight excluding hydrogens is 246 g/mol. The zero-order valence-corrected chi connectivity index (χ0v) is 10.7. The maximum Gasteiger partial charge on any atom is 0.337 e. The van der Waals surface area contributed by atoms with E-state index in [1.807, 2.05) is 0 Å². The lowest BCUT2D eigenvalue weighted by atomic mass is 10.1. The Hall–Kier alpha value is -2.08. The van der Waals surface area contributed by atoms with Crippen LogP contribution < -0.4 is 16.4 Å². The Kier molecular flexibility index (Phi) is 4.01. The monoisotopic (exact) mass is 263 g/mol. The van der Waals surface area contributed by atoms with E-state index in [-0.39, 0.29) is 11.9 Å². The van der Waals surface area contributed by atoms with Crippen molar-refractivity contribution in [3.63, 3.8) is 0 Å². The number of benzene rings is 1. The van der Waals surface area contributed by atoms with Crippen molar-refractivity contribution in [2.45, 2.75) is 18.9 Å². The molecule has 0 saturated carbocycles. The first-order valence-corrected chi connectivity index (χ1v) is 6.14.